The van der Waals surface area contributed by atoms with Gasteiger partial charge < -0.3 is 0 Å². The molecule has 0 spiro atoms. The highest BCUT2D eigenvalue weighted by molar-refractivity contribution is 5.39. The van der Waals surface area contributed by atoms with Gasteiger partial charge in [-0.25, -0.2) is 0 Å². The first-order valence-corrected chi connectivity index (χ1v) is 7.22. The molecule has 108 valence electrons. The number of rotatable bonds is 5. The number of nitroso groups, excluding NO2 is 1. The zero-order valence-corrected chi connectivity index (χ0v) is 12.1. The minimum absolute atomic E-state index is 0.520. The van der Waals surface area contributed by atoms with Gasteiger partial charge in [0.1, 0.15) is 6.04 Å². The number of hydrogen-bond donors (Lipinski definition) is 0. The first kappa shape index (κ1) is 14.1. The molecule has 0 N–H and O–H groups in total. The van der Waals surface area contributed by atoms with Crippen LogP contribution >= 0.6 is 0 Å². The average Bonchev–Trinajstić information content (AvgIpc) is 2.59. The highest BCUT2D eigenvalue weighted by Crippen LogP contribution is 2.29. The topological polar surface area (TPSA) is 42.3 Å². The number of benzene rings is 2. The predicted molar refractivity (Wildman–Crippen MR) is 87.6 cm³/mol. The van der Waals surface area contributed by atoms with E-state index in [0.717, 1.165) is 23.1 Å². The lowest BCUT2D eigenvalue weighted by molar-refractivity contribution is 0.840. The van der Waals surface area contributed by atoms with E-state index >= 15 is 0 Å². The van der Waals surface area contributed by atoms with Crippen molar-refractivity contribution in [1.29, 1.82) is 0 Å². The number of pyridine rings is 1. The molecule has 1 atom stereocenters. The molecule has 0 amide bonds. The molecule has 0 aliphatic carbocycles. The summed E-state index contributed by atoms with van der Waals surface area (Å²) in [5.41, 5.74) is 4.08. The maximum atomic E-state index is 11.4. The van der Waals surface area contributed by atoms with Crippen LogP contribution in [0.3, 0.4) is 0 Å². The number of hydrogen-bond acceptors (Lipinski definition) is 3. The molecule has 1 unspecified atom stereocenters. The van der Waals surface area contributed by atoms with Gasteiger partial charge in [0.25, 0.3) is 0 Å². The summed E-state index contributed by atoms with van der Waals surface area (Å²) in [7, 11) is 0. The molecule has 2 aromatic carbocycles. The van der Waals surface area contributed by atoms with Crippen LogP contribution in [-0.4, -0.2) is 4.98 Å². The molecule has 3 heteroatoms. The molecular weight excluding hydrogens is 272 g/mol. The largest absolute Gasteiger partial charge is 0.264 e. The number of aromatic nitrogens is 1. The lowest BCUT2D eigenvalue weighted by Gasteiger charge is -2.14. The third-order valence-corrected chi connectivity index (χ3v) is 3.69. The molecule has 1 heterocycles. The summed E-state index contributed by atoms with van der Waals surface area (Å²) in [6, 6.07) is 21.4. The Morgan fingerprint density at radius 3 is 2.41 bits per heavy atom. The Morgan fingerprint density at radius 2 is 1.68 bits per heavy atom. The van der Waals surface area contributed by atoms with E-state index < -0.39 is 6.04 Å². The molecule has 0 aliphatic rings. The van der Waals surface area contributed by atoms with Gasteiger partial charge in [-0.3, -0.25) is 4.98 Å². The van der Waals surface area contributed by atoms with Crippen molar-refractivity contribution in [3.8, 4) is 0 Å². The summed E-state index contributed by atoms with van der Waals surface area (Å²) < 4.78 is 0. The van der Waals surface area contributed by atoms with Crippen molar-refractivity contribution >= 4 is 0 Å². The van der Waals surface area contributed by atoms with E-state index in [1.165, 1.54) is 5.56 Å². The molecule has 3 aromatic rings. The monoisotopic (exact) mass is 288 g/mol. The zero-order chi connectivity index (χ0) is 15.2. The van der Waals surface area contributed by atoms with E-state index in [4.69, 9.17) is 0 Å². The maximum absolute atomic E-state index is 11.4. The first-order chi connectivity index (χ1) is 10.9. The molecule has 3 nitrogen and oxygen atoms in total. The quantitative estimate of drug-likeness (QED) is 0.647. The Kier molecular flexibility index (Phi) is 4.35. The molecule has 1 aromatic heterocycles. The number of nitrogens with zero attached hydrogens (tertiary/aromatic N) is 2. The third kappa shape index (κ3) is 3.09. The lowest BCUT2D eigenvalue weighted by atomic mass is 9.92. The van der Waals surface area contributed by atoms with Crippen molar-refractivity contribution in [2.45, 2.75) is 12.5 Å². The Morgan fingerprint density at radius 1 is 0.909 bits per heavy atom. The van der Waals surface area contributed by atoms with Gasteiger partial charge in [0.05, 0.1) is 0 Å². The summed E-state index contributed by atoms with van der Waals surface area (Å²) >= 11 is 0. The molecule has 3 rings (SSSR count). The van der Waals surface area contributed by atoms with Crippen molar-refractivity contribution in [3.63, 3.8) is 0 Å². The van der Waals surface area contributed by atoms with Crippen molar-refractivity contribution in [2.75, 3.05) is 0 Å². The van der Waals surface area contributed by atoms with Crippen LogP contribution in [0.15, 0.2) is 84.3 Å². The SMILES string of the molecule is O=NC(c1cccnc1)c1ccccc1Cc1ccccc1. The van der Waals surface area contributed by atoms with Gasteiger partial charge in [0.2, 0.25) is 0 Å². The summed E-state index contributed by atoms with van der Waals surface area (Å²) in [6.45, 7) is 0. The van der Waals surface area contributed by atoms with E-state index in [-0.39, 0.29) is 0 Å². The standard InChI is InChI=1S/C19H16N2O/c22-21-19(17-10-6-12-20-14-17)18-11-5-4-9-16(18)13-15-7-2-1-3-8-15/h1-12,14,19H,13H2. The van der Waals surface area contributed by atoms with Gasteiger partial charge in [0.15, 0.2) is 0 Å². The van der Waals surface area contributed by atoms with E-state index in [2.05, 4.69) is 28.4 Å². The van der Waals surface area contributed by atoms with Crippen LogP contribution in [-0.2, 0) is 6.42 Å². The minimum Gasteiger partial charge on any atom is -0.264 e. The lowest BCUT2D eigenvalue weighted by Crippen LogP contribution is -2.03. The fourth-order valence-electron chi connectivity index (χ4n) is 2.61. The first-order valence-electron chi connectivity index (χ1n) is 7.22. The van der Waals surface area contributed by atoms with Crippen LogP contribution in [0.25, 0.3) is 0 Å². The summed E-state index contributed by atoms with van der Waals surface area (Å²) in [5.74, 6) is 0. The second-order valence-corrected chi connectivity index (χ2v) is 5.16. The fraction of sp³-hybridized carbons (Fsp3) is 0.105. The molecule has 0 saturated heterocycles. The third-order valence-electron chi connectivity index (χ3n) is 3.69. The fourth-order valence-corrected chi connectivity index (χ4v) is 2.61. The van der Waals surface area contributed by atoms with Crippen LogP contribution in [0.2, 0.25) is 0 Å². The van der Waals surface area contributed by atoms with Gasteiger partial charge >= 0.3 is 0 Å². The van der Waals surface area contributed by atoms with Gasteiger partial charge in [-0.15, -0.1) is 4.91 Å². The molecular formula is C19H16N2O. The van der Waals surface area contributed by atoms with E-state index in [1.54, 1.807) is 12.4 Å². The average molecular weight is 288 g/mol. The van der Waals surface area contributed by atoms with Crippen molar-refractivity contribution in [2.24, 2.45) is 5.18 Å². The van der Waals surface area contributed by atoms with Crippen LogP contribution < -0.4 is 0 Å². The smallest absolute Gasteiger partial charge is 0.144 e. The van der Waals surface area contributed by atoms with Crippen LogP contribution in [0.4, 0.5) is 0 Å². The Balaban J connectivity index is 1.98. The van der Waals surface area contributed by atoms with Gasteiger partial charge in [0, 0.05) is 18.0 Å². The molecule has 0 radical (unpaired) electrons. The van der Waals surface area contributed by atoms with Crippen LogP contribution in [0, 0.1) is 4.91 Å². The highest BCUT2D eigenvalue weighted by atomic mass is 16.3. The molecule has 0 fully saturated rings. The maximum Gasteiger partial charge on any atom is 0.144 e. The second-order valence-electron chi connectivity index (χ2n) is 5.16. The minimum atomic E-state index is -0.520. The summed E-state index contributed by atoms with van der Waals surface area (Å²) in [5, 5.41) is 3.34. The van der Waals surface area contributed by atoms with Gasteiger partial charge in [-0.2, -0.15) is 0 Å². The van der Waals surface area contributed by atoms with E-state index in [0.29, 0.717) is 0 Å². The van der Waals surface area contributed by atoms with Crippen molar-refractivity contribution in [1.82, 2.24) is 4.98 Å². The van der Waals surface area contributed by atoms with Crippen LogP contribution in [0.5, 0.6) is 0 Å². The van der Waals surface area contributed by atoms with Crippen molar-refractivity contribution < 1.29 is 0 Å². The zero-order valence-electron chi connectivity index (χ0n) is 12.1. The van der Waals surface area contributed by atoms with Gasteiger partial charge in [-0.1, -0.05) is 65.8 Å². The Labute approximate surface area is 129 Å². The highest BCUT2D eigenvalue weighted by Gasteiger charge is 2.18. The Hall–Kier alpha value is -2.81. The van der Waals surface area contributed by atoms with E-state index in [9.17, 15) is 4.91 Å². The molecule has 22 heavy (non-hydrogen) atoms. The second kappa shape index (κ2) is 6.76. The summed E-state index contributed by atoms with van der Waals surface area (Å²) in [4.78, 5) is 15.5. The van der Waals surface area contributed by atoms with E-state index in [1.807, 2.05) is 48.5 Å². The molecule has 0 aliphatic heterocycles. The Bertz CT molecular complexity index is 742. The molecule has 0 saturated carbocycles. The predicted octanol–water partition coefficient (Wildman–Crippen LogP) is 4.53. The molecule has 0 bridgehead atoms. The van der Waals surface area contributed by atoms with Gasteiger partial charge in [-0.05, 0) is 29.2 Å². The van der Waals surface area contributed by atoms with Crippen LogP contribution in [0.1, 0.15) is 28.3 Å². The summed E-state index contributed by atoms with van der Waals surface area (Å²) in [6.07, 6.45) is 4.18. The van der Waals surface area contributed by atoms with Crippen molar-refractivity contribution in [3.05, 3.63) is 106 Å². The normalized spacial score (nSPS) is 11.8.